The molecule has 1 atom stereocenters. The highest BCUT2D eigenvalue weighted by molar-refractivity contribution is 7.09. The minimum absolute atomic E-state index is 0. The molecule has 0 aromatic carbocycles. The lowest BCUT2D eigenvalue weighted by Crippen LogP contribution is -2.42. The summed E-state index contributed by atoms with van der Waals surface area (Å²) in [6.45, 7) is 7.78. The zero-order valence-corrected chi connectivity index (χ0v) is 16.0. The van der Waals surface area contributed by atoms with Crippen LogP contribution in [0.1, 0.15) is 83.3 Å². The molecule has 1 fully saturated rings. The zero-order chi connectivity index (χ0) is 17.5. The largest absolute Gasteiger partial charge is 0.342 e. The van der Waals surface area contributed by atoms with Crippen molar-refractivity contribution in [3.8, 4) is 0 Å². The van der Waals surface area contributed by atoms with Gasteiger partial charge in [-0.25, -0.2) is 4.98 Å². The van der Waals surface area contributed by atoms with Gasteiger partial charge in [-0.3, -0.25) is 9.59 Å². The number of carbonyl (C=O) groups is 2. The van der Waals surface area contributed by atoms with Gasteiger partial charge in [-0.05, 0) is 32.1 Å². The number of hydrogen-bond donors (Lipinski definition) is 0. The maximum absolute atomic E-state index is 12.6. The molecule has 2 rings (SSSR count). The van der Waals surface area contributed by atoms with Crippen molar-refractivity contribution in [1.29, 1.82) is 0 Å². The molecule has 1 aromatic heterocycles. The Morgan fingerprint density at radius 2 is 2.04 bits per heavy atom. The topological polar surface area (TPSA) is 50.3 Å². The maximum atomic E-state index is 12.6. The molecule has 0 aliphatic carbocycles. The Kier molecular flexibility index (Phi) is 9.33. The summed E-state index contributed by atoms with van der Waals surface area (Å²) in [6, 6.07) is 0. The van der Waals surface area contributed by atoms with E-state index in [1.807, 2.05) is 11.8 Å². The second-order valence-corrected chi connectivity index (χ2v) is 7.60. The Hall–Kier alpha value is -1.23. The van der Waals surface area contributed by atoms with Crippen molar-refractivity contribution in [2.24, 2.45) is 5.92 Å². The van der Waals surface area contributed by atoms with E-state index in [1.54, 1.807) is 11.3 Å². The predicted octanol–water partition coefficient (Wildman–Crippen LogP) is 4.83. The van der Waals surface area contributed by atoms with Crippen LogP contribution in [0.3, 0.4) is 0 Å². The number of thiazole rings is 1. The van der Waals surface area contributed by atoms with Crippen LogP contribution < -0.4 is 0 Å². The fraction of sp³-hybridized carbons (Fsp3) is 0.750. The second kappa shape index (κ2) is 10.7. The molecule has 4 nitrogen and oxygen atoms in total. The molecule has 25 heavy (non-hydrogen) atoms. The third-order valence-electron chi connectivity index (χ3n) is 5.04. The quantitative estimate of drug-likeness (QED) is 0.662. The van der Waals surface area contributed by atoms with Crippen LogP contribution in [0, 0.1) is 5.92 Å². The summed E-state index contributed by atoms with van der Waals surface area (Å²) in [5, 5.41) is 3.22. The van der Waals surface area contributed by atoms with E-state index in [2.05, 4.69) is 19.2 Å². The van der Waals surface area contributed by atoms with E-state index in [9.17, 15) is 9.59 Å². The summed E-state index contributed by atoms with van der Waals surface area (Å²) in [4.78, 5) is 30.9. The van der Waals surface area contributed by atoms with Crippen LogP contribution in [0.25, 0.3) is 0 Å². The fourth-order valence-corrected chi connectivity index (χ4v) is 4.33. The van der Waals surface area contributed by atoms with Crippen LogP contribution in [0.5, 0.6) is 0 Å². The number of nitrogens with zero attached hydrogens (tertiary/aromatic N) is 2. The Morgan fingerprint density at radius 3 is 2.68 bits per heavy atom. The Labute approximate surface area is 157 Å². The van der Waals surface area contributed by atoms with Crippen molar-refractivity contribution in [1.82, 2.24) is 9.88 Å². The minimum Gasteiger partial charge on any atom is -0.342 e. The van der Waals surface area contributed by atoms with E-state index in [4.69, 9.17) is 4.98 Å². The number of rotatable bonds is 8. The van der Waals surface area contributed by atoms with Gasteiger partial charge in [0.25, 0.3) is 0 Å². The molecule has 0 spiro atoms. The van der Waals surface area contributed by atoms with Crippen molar-refractivity contribution in [3.05, 3.63) is 16.1 Å². The SMILES string of the molecule is C.CCC(=O)CCc1csc(C2CCCN(C(=O)C(CC)CC)C2)n1. The molecule has 1 unspecified atom stereocenters. The first-order valence-corrected chi connectivity index (χ1v) is 10.2. The first-order chi connectivity index (χ1) is 11.6. The number of ketones is 1. The van der Waals surface area contributed by atoms with Gasteiger partial charge in [-0.1, -0.05) is 28.2 Å². The van der Waals surface area contributed by atoms with Gasteiger partial charge in [0, 0.05) is 43.1 Å². The van der Waals surface area contributed by atoms with Crippen LogP contribution in [-0.4, -0.2) is 34.7 Å². The van der Waals surface area contributed by atoms with E-state index in [0.717, 1.165) is 55.9 Å². The molecular formula is C20H34N2O2S. The number of likely N-dealkylation sites (tertiary alicyclic amines) is 1. The average Bonchev–Trinajstić information content (AvgIpc) is 3.09. The molecule has 2 heterocycles. The fourth-order valence-electron chi connectivity index (χ4n) is 3.34. The number of piperidine rings is 1. The summed E-state index contributed by atoms with van der Waals surface area (Å²) >= 11 is 1.69. The first kappa shape index (κ1) is 21.8. The molecule has 1 aliphatic heterocycles. The number of aryl methyl sites for hydroxylation is 1. The second-order valence-electron chi connectivity index (χ2n) is 6.71. The van der Waals surface area contributed by atoms with Crippen LogP contribution in [0.2, 0.25) is 0 Å². The lowest BCUT2D eigenvalue weighted by Gasteiger charge is -2.34. The standard InChI is InChI=1S/C19H30N2O2S.CH4/c1-4-14(5-2)19(23)21-11-7-8-15(12-21)18-20-16(13-24-18)9-10-17(22)6-3;/h13-15H,4-12H2,1-3H3;1H4. The van der Waals surface area contributed by atoms with Gasteiger partial charge in [-0.15, -0.1) is 11.3 Å². The molecule has 0 radical (unpaired) electrons. The molecule has 0 bridgehead atoms. The third kappa shape index (κ3) is 5.91. The van der Waals surface area contributed by atoms with Crippen LogP contribution in [0.15, 0.2) is 5.38 Å². The molecule has 5 heteroatoms. The Balaban J connectivity index is 0.00000312. The lowest BCUT2D eigenvalue weighted by molar-refractivity contribution is -0.137. The van der Waals surface area contributed by atoms with E-state index in [-0.39, 0.29) is 13.3 Å². The molecule has 0 saturated carbocycles. The van der Waals surface area contributed by atoms with Gasteiger partial charge in [-0.2, -0.15) is 0 Å². The molecule has 0 N–H and O–H groups in total. The highest BCUT2D eigenvalue weighted by Crippen LogP contribution is 2.30. The molecule has 1 saturated heterocycles. The summed E-state index contributed by atoms with van der Waals surface area (Å²) in [6.07, 6.45) is 5.93. The van der Waals surface area contributed by atoms with Gasteiger partial charge < -0.3 is 4.90 Å². The Bertz CT molecular complexity index is 552. The van der Waals surface area contributed by atoms with Crippen LogP contribution >= 0.6 is 11.3 Å². The van der Waals surface area contributed by atoms with Crippen molar-refractivity contribution in [2.75, 3.05) is 13.1 Å². The number of Topliss-reactive ketones (excluding diaryl/α,β-unsaturated/α-hetero) is 1. The van der Waals surface area contributed by atoms with Crippen molar-refractivity contribution < 1.29 is 9.59 Å². The summed E-state index contributed by atoms with van der Waals surface area (Å²) < 4.78 is 0. The van der Waals surface area contributed by atoms with Crippen LogP contribution in [0.4, 0.5) is 0 Å². The first-order valence-electron chi connectivity index (χ1n) is 9.33. The van der Waals surface area contributed by atoms with E-state index in [1.165, 1.54) is 0 Å². The molecule has 1 aromatic rings. The zero-order valence-electron chi connectivity index (χ0n) is 15.2. The van der Waals surface area contributed by atoms with Gasteiger partial charge in [0.05, 0.1) is 10.7 Å². The summed E-state index contributed by atoms with van der Waals surface area (Å²) in [5.41, 5.74) is 1.03. The van der Waals surface area contributed by atoms with Gasteiger partial charge in [0.1, 0.15) is 5.78 Å². The number of hydrogen-bond acceptors (Lipinski definition) is 4. The Morgan fingerprint density at radius 1 is 1.32 bits per heavy atom. The minimum atomic E-state index is 0. The summed E-state index contributed by atoms with van der Waals surface area (Å²) in [7, 11) is 0. The highest BCUT2D eigenvalue weighted by atomic mass is 32.1. The van der Waals surface area contributed by atoms with Crippen molar-refractivity contribution in [2.45, 2.75) is 79.1 Å². The van der Waals surface area contributed by atoms with Crippen molar-refractivity contribution in [3.63, 3.8) is 0 Å². The van der Waals surface area contributed by atoms with Crippen LogP contribution in [-0.2, 0) is 16.0 Å². The maximum Gasteiger partial charge on any atom is 0.225 e. The number of amides is 1. The van der Waals surface area contributed by atoms with E-state index in [0.29, 0.717) is 30.4 Å². The average molecular weight is 367 g/mol. The molecule has 1 aliphatic rings. The van der Waals surface area contributed by atoms with E-state index < -0.39 is 0 Å². The van der Waals surface area contributed by atoms with E-state index >= 15 is 0 Å². The lowest BCUT2D eigenvalue weighted by atomic mass is 9.95. The monoisotopic (exact) mass is 366 g/mol. The highest BCUT2D eigenvalue weighted by Gasteiger charge is 2.29. The van der Waals surface area contributed by atoms with Gasteiger partial charge in [0.2, 0.25) is 5.91 Å². The molecule has 1 amide bonds. The number of carbonyl (C=O) groups excluding carboxylic acids is 2. The predicted molar refractivity (Wildman–Crippen MR) is 105 cm³/mol. The normalized spacial score (nSPS) is 17.4. The van der Waals surface area contributed by atoms with Gasteiger partial charge in [0.15, 0.2) is 0 Å². The third-order valence-corrected chi connectivity index (χ3v) is 6.10. The van der Waals surface area contributed by atoms with Gasteiger partial charge >= 0.3 is 0 Å². The smallest absolute Gasteiger partial charge is 0.225 e. The molecule has 142 valence electrons. The molecular weight excluding hydrogens is 332 g/mol. The van der Waals surface area contributed by atoms with Crippen molar-refractivity contribution >= 4 is 23.0 Å². The number of aromatic nitrogens is 1. The summed E-state index contributed by atoms with van der Waals surface area (Å²) in [5.74, 6) is 1.13.